The predicted molar refractivity (Wildman–Crippen MR) is 107 cm³/mol. The van der Waals surface area contributed by atoms with Gasteiger partial charge in [0, 0.05) is 23.0 Å². The molecule has 1 N–H and O–H groups in total. The van der Waals surface area contributed by atoms with Crippen molar-refractivity contribution in [2.24, 2.45) is 4.99 Å². The number of carbonyl (C=O) groups is 1. The van der Waals surface area contributed by atoms with E-state index in [9.17, 15) is 9.18 Å². The van der Waals surface area contributed by atoms with E-state index in [1.807, 2.05) is 12.1 Å². The van der Waals surface area contributed by atoms with Gasteiger partial charge in [0.25, 0.3) is 5.91 Å². The predicted octanol–water partition coefficient (Wildman–Crippen LogP) is 4.48. The maximum atomic E-state index is 13.5. The minimum atomic E-state index is -0.407. The summed E-state index contributed by atoms with van der Waals surface area (Å²) in [6, 6.07) is 13.1. The highest BCUT2D eigenvalue weighted by Crippen LogP contribution is 2.20. The molecule has 28 heavy (non-hydrogen) atoms. The number of fused-ring (bicyclic) bond motifs is 1. The van der Waals surface area contributed by atoms with Crippen molar-refractivity contribution in [1.29, 1.82) is 0 Å². The average molecular weight is 445 g/mol. The molecule has 0 bridgehead atoms. The van der Waals surface area contributed by atoms with Gasteiger partial charge in [-0.15, -0.1) is 0 Å². The molecule has 0 aliphatic carbocycles. The molecule has 1 amide bonds. The van der Waals surface area contributed by atoms with Crippen LogP contribution in [-0.4, -0.2) is 25.2 Å². The van der Waals surface area contributed by atoms with E-state index in [-0.39, 0.29) is 23.1 Å². The van der Waals surface area contributed by atoms with Crippen LogP contribution in [0.25, 0.3) is 11.0 Å². The summed E-state index contributed by atoms with van der Waals surface area (Å²) in [4.78, 5) is 17.2. The minimum absolute atomic E-state index is 0.0269. The van der Waals surface area contributed by atoms with Crippen LogP contribution in [0.1, 0.15) is 23.2 Å². The fraction of sp³-hybridized carbons (Fsp3) is 0.238. The highest BCUT2D eigenvalue weighted by atomic mass is 79.9. The quantitative estimate of drug-likeness (QED) is 0.645. The van der Waals surface area contributed by atoms with Crippen molar-refractivity contribution in [3.8, 4) is 0 Å². The van der Waals surface area contributed by atoms with Crippen LogP contribution in [0.4, 0.5) is 10.1 Å². The lowest BCUT2D eigenvalue weighted by molar-refractivity contribution is 0.0854. The van der Waals surface area contributed by atoms with E-state index in [0.29, 0.717) is 17.8 Å². The van der Waals surface area contributed by atoms with E-state index in [1.54, 1.807) is 24.3 Å². The Hall–Kier alpha value is -2.51. The highest BCUT2D eigenvalue weighted by Gasteiger charge is 2.18. The summed E-state index contributed by atoms with van der Waals surface area (Å²) in [6.45, 7) is 1.15. The Labute approximate surface area is 169 Å². The Morgan fingerprint density at radius 3 is 2.93 bits per heavy atom. The molecule has 144 valence electrons. The van der Waals surface area contributed by atoms with E-state index >= 15 is 0 Å². The molecule has 1 atom stereocenters. The summed E-state index contributed by atoms with van der Waals surface area (Å²) in [7, 11) is 0. The Morgan fingerprint density at radius 1 is 1.25 bits per heavy atom. The average Bonchev–Trinajstić information content (AvgIpc) is 3.19. The van der Waals surface area contributed by atoms with E-state index in [0.717, 1.165) is 29.3 Å². The first-order valence-corrected chi connectivity index (χ1v) is 9.81. The van der Waals surface area contributed by atoms with Crippen LogP contribution < -0.4 is 10.9 Å². The van der Waals surface area contributed by atoms with Gasteiger partial charge in [-0.25, -0.2) is 9.38 Å². The second-order valence-corrected chi connectivity index (χ2v) is 7.50. The van der Waals surface area contributed by atoms with Crippen molar-refractivity contribution < 1.29 is 18.3 Å². The normalized spacial score (nSPS) is 17.2. The van der Waals surface area contributed by atoms with Gasteiger partial charge in [0.2, 0.25) is 5.55 Å². The summed E-state index contributed by atoms with van der Waals surface area (Å²) in [6.07, 6.45) is 1.95. The third-order valence-corrected chi connectivity index (χ3v) is 5.00. The Kier molecular flexibility index (Phi) is 5.54. The molecular weight excluding hydrogens is 427 g/mol. The lowest BCUT2D eigenvalue weighted by Crippen LogP contribution is -2.34. The van der Waals surface area contributed by atoms with E-state index in [2.05, 4.69) is 26.2 Å². The van der Waals surface area contributed by atoms with Gasteiger partial charge < -0.3 is 14.5 Å². The van der Waals surface area contributed by atoms with Crippen LogP contribution in [-0.2, 0) is 4.74 Å². The summed E-state index contributed by atoms with van der Waals surface area (Å²) in [5.74, 6) is -0.716. The van der Waals surface area contributed by atoms with Crippen molar-refractivity contribution in [1.82, 2.24) is 5.32 Å². The van der Waals surface area contributed by atoms with Crippen molar-refractivity contribution in [3.63, 3.8) is 0 Å². The molecular formula is C21H18BrFN2O3. The fourth-order valence-electron chi connectivity index (χ4n) is 3.12. The molecule has 4 rings (SSSR count). The second-order valence-electron chi connectivity index (χ2n) is 6.58. The molecule has 0 saturated carbocycles. The van der Waals surface area contributed by atoms with Crippen LogP contribution >= 0.6 is 15.9 Å². The SMILES string of the molecule is O=C(NC[C@H]1CCCO1)c1cc2cc(Br)ccc2oc1=Nc1cccc(F)c1. The monoisotopic (exact) mass is 444 g/mol. The summed E-state index contributed by atoms with van der Waals surface area (Å²) in [5, 5.41) is 3.65. The third-order valence-electron chi connectivity index (χ3n) is 4.51. The topological polar surface area (TPSA) is 63.8 Å². The number of carbonyl (C=O) groups excluding carboxylic acids is 1. The van der Waals surface area contributed by atoms with Crippen molar-refractivity contribution in [2.45, 2.75) is 18.9 Å². The number of benzene rings is 2. The number of hydrogen-bond acceptors (Lipinski definition) is 4. The van der Waals surface area contributed by atoms with Gasteiger partial charge >= 0.3 is 0 Å². The van der Waals surface area contributed by atoms with Crippen molar-refractivity contribution in [2.75, 3.05) is 13.2 Å². The molecule has 1 aromatic heterocycles. The smallest absolute Gasteiger partial charge is 0.256 e. The largest absolute Gasteiger partial charge is 0.438 e. The van der Waals surface area contributed by atoms with Gasteiger partial charge in [-0.1, -0.05) is 22.0 Å². The fourth-order valence-corrected chi connectivity index (χ4v) is 3.50. The van der Waals surface area contributed by atoms with Gasteiger partial charge in [-0.3, -0.25) is 4.79 Å². The van der Waals surface area contributed by atoms with Gasteiger partial charge in [-0.05, 0) is 55.3 Å². The number of ether oxygens (including phenoxy) is 1. The zero-order valence-electron chi connectivity index (χ0n) is 15.0. The first-order valence-electron chi connectivity index (χ1n) is 9.02. The van der Waals surface area contributed by atoms with Crippen molar-refractivity contribution >= 4 is 38.5 Å². The molecule has 1 fully saturated rings. The molecule has 1 aliphatic rings. The maximum absolute atomic E-state index is 13.5. The summed E-state index contributed by atoms with van der Waals surface area (Å²) in [5.41, 5.74) is 1.36. The van der Waals surface area contributed by atoms with Crippen LogP contribution in [0.5, 0.6) is 0 Å². The van der Waals surface area contributed by atoms with E-state index in [4.69, 9.17) is 9.15 Å². The number of amides is 1. The zero-order chi connectivity index (χ0) is 19.5. The lowest BCUT2D eigenvalue weighted by atomic mass is 10.1. The zero-order valence-corrected chi connectivity index (χ0v) is 16.5. The van der Waals surface area contributed by atoms with Gasteiger partial charge in [0.1, 0.15) is 17.0 Å². The maximum Gasteiger partial charge on any atom is 0.256 e. The molecule has 0 radical (unpaired) electrons. The standard InChI is InChI=1S/C21H18BrFN2O3/c22-14-6-7-19-13(9-14)10-18(20(26)24-12-17-5-2-8-27-17)21(28-19)25-16-4-1-3-15(23)11-16/h1,3-4,6-7,9-11,17H,2,5,8,12H2,(H,24,26)/t17-/m1/s1. The van der Waals surface area contributed by atoms with Crippen LogP contribution in [0.15, 0.2) is 62.4 Å². The molecule has 1 saturated heterocycles. The molecule has 7 heteroatoms. The number of hydrogen-bond donors (Lipinski definition) is 1. The van der Waals surface area contributed by atoms with Gasteiger partial charge in [0.15, 0.2) is 0 Å². The molecule has 0 unspecified atom stereocenters. The van der Waals surface area contributed by atoms with Crippen LogP contribution in [0.2, 0.25) is 0 Å². The number of nitrogens with one attached hydrogen (secondary N) is 1. The molecule has 2 heterocycles. The van der Waals surface area contributed by atoms with Crippen molar-refractivity contribution in [3.05, 3.63) is 69.9 Å². The lowest BCUT2D eigenvalue weighted by Gasteiger charge is -2.11. The minimum Gasteiger partial charge on any atom is -0.438 e. The number of halogens is 2. The number of nitrogens with zero attached hydrogens (tertiary/aromatic N) is 1. The molecule has 5 nitrogen and oxygen atoms in total. The number of rotatable bonds is 4. The van der Waals surface area contributed by atoms with E-state index in [1.165, 1.54) is 12.1 Å². The first-order chi connectivity index (χ1) is 13.6. The summed E-state index contributed by atoms with van der Waals surface area (Å²) >= 11 is 3.43. The first kappa shape index (κ1) is 18.8. The van der Waals surface area contributed by atoms with Crippen LogP contribution in [0, 0.1) is 5.82 Å². The third kappa shape index (κ3) is 4.31. The second kappa shape index (κ2) is 8.24. The molecule has 2 aromatic carbocycles. The van der Waals surface area contributed by atoms with E-state index < -0.39 is 5.82 Å². The van der Waals surface area contributed by atoms with Gasteiger partial charge in [0.05, 0.1) is 11.8 Å². The van der Waals surface area contributed by atoms with Gasteiger partial charge in [-0.2, -0.15) is 0 Å². The Bertz CT molecular complexity index is 1090. The molecule has 1 aliphatic heterocycles. The van der Waals surface area contributed by atoms with Crippen LogP contribution in [0.3, 0.4) is 0 Å². The molecule has 0 spiro atoms. The molecule has 3 aromatic rings. The highest BCUT2D eigenvalue weighted by molar-refractivity contribution is 9.10. The Morgan fingerprint density at radius 2 is 2.14 bits per heavy atom. The Balaban J connectivity index is 1.76. The summed E-state index contributed by atoms with van der Waals surface area (Å²) < 4.78 is 25.8.